The lowest BCUT2D eigenvalue weighted by molar-refractivity contribution is 0.448. The number of phenols is 1. The SMILES string of the molecule is CC(C)c1cc(-c2ccccc2)cc(C(C)C)c1-n1c(-c2cccc(C(C)(C)C)c2O)nc2c(-c3cccc(-c4ccccn4)c3)cccc21. The van der Waals surface area contributed by atoms with Crippen molar-refractivity contribution in [2.45, 2.75) is 65.7 Å². The van der Waals surface area contributed by atoms with E-state index >= 15 is 0 Å². The molecule has 4 nitrogen and oxygen atoms in total. The van der Waals surface area contributed by atoms with E-state index in [2.05, 4.69) is 143 Å². The van der Waals surface area contributed by atoms with Gasteiger partial charge >= 0.3 is 0 Å². The van der Waals surface area contributed by atoms with Gasteiger partial charge in [-0.2, -0.15) is 0 Å². The summed E-state index contributed by atoms with van der Waals surface area (Å²) in [5.41, 5.74) is 13.3. The number of nitrogens with zero attached hydrogens (tertiary/aromatic N) is 3. The second-order valence-corrected chi connectivity index (χ2v) is 14.9. The molecule has 7 aromatic rings. The van der Waals surface area contributed by atoms with Crippen LogP contribution in [0, 0.1) is 0 Å². The first-order valence-corrected chi connectivity index (χ1v) is 17.6. The predicted molar refractivity (Wildman–Crippen MR) is 209 cm³/mol. The predicted octanol–water partition coefficient (Wildman–Crippen LogP) is 12.3. The molecule has 0 aliphatic rings. The number of pyridine rings is 1. The molecular formula is C46H45N3O. The van der Waals surface area contributed by atoms with Gasteiger partial charge in [-0.3, -0.25) is 9.55 Å². The molecule has 50 heavy (non-hydrogen) atoms. The Bertz CT molecular complexity index is 2280. The molecule has 0 saturated heterocycles. The summed E-state index contributed by atoms with van der Waals surface area (Å²) in [6.45, 7) is 15.5. The summed E-state index contributed by atoms with van der Waals surface area (Å²) in [7, 11) is 0. The lowest BCUT2D eigenvalue weighted by atomic mass is 9.85. The van der Waals surface area contributed by atoms with Crippen LogP contribution < -0.4 is 0 Å². The van der Waals surface area contributed by atoms with Gasteiger partial charge in [-0.05, 0) is 93.1 Å². The molecule has 7 rings (SSSR count). The number of benzene rings is 5. The summed E-state index contributed by atoms with van der Waals surface area (Å²) in [6, 6.07) is 42.4. The third-order valence-electron chi connectivity index (χ3n) is 9.65. The molecule has 0 unspecified atom stereocenters. The second-order valence-electron chi connectivity index (χ2n) is 14.9. The first-order valence-electron chi connectivity index (χ1n) is 17.6. The molecule has 0 aliphatic heterocycles. The van der Waals surface area contributed by atoms with Crippen LogP contribution in [-0.4, -0.2) is 19.6 Å². The van der Waals surface area contributed by atoms with E-state index in [1.807, 2.05) is 42.6 Å². The minimum absolute atomic E-state index is 0.226. The first kappa shape index (κ1) is 33.0. The van der Waals surface area contributed by atoms with Gasteiger partial charge in [-0.1, -0.05) is 127 Å². The van der Waals surface area contributed by atoms with Gasteiger partial charge in [0.25, 0.3) is 0 Å². The van der Waals surface area contributed by atoms with Gasteiger partial charge in [-0.15, -0.1) is 0 Å². The Morgan fingerprint density at radius 3 is 1.88 bits per heavy atom. The first-order chi connectivity index (χ1) is 24.0. The van der Waals surface area contributed by atoms with Crippen LogP contribution in [0.15, 0.2) is 128 Å². The van der Waals surface area contributed by atoms with Gasteiger partial charge < -0.3 is 5.11 Å². The normalized spacial score (nSPS) is 11.9. The molecule has 0 spiro atoms. The van der Waals surface area contributed by atoms with Crippen LogP contribution in [0.1, 0.15) is 77.0 Å². The molecule has 5 aromatic carbocycles. The van der Waals surface area contributed by atoms with E-state index in [-0.39, 0.29) is 23.0 Å². The van der Waals surface area contributed by atoms with Crippen molar-refractivity contribution in [3.8, 4) is 56.3 Å². The van der Waals surface area contributed by atoms with Gasteiger partial charge in [0.15, 0.2) is 0 Å². The maximum absolute atomic E-state index is 12.0. The third-order valence-corrected chi connectivity index (χ3v) is 9.65. The summed E-state index contributed by atoms with van der Waals surface area (Å²) in [5, 5.41) is 12.0. The van der Waals surface area contributed by atoms with Gasteiger partial charge in [-0.25, -0.2) is 4.98 Å². The number of fused-ring (bicyclic) bond motifs is 1. The molecule has 0 aliphatic carbocycles. The zero-order chi connectivity index (χ0) is 35.2. The fourth-order valence-electron chi connectivity index (χ4n) is 7.06. The Balaban J connectivity index is 1.58. The van der Waals surface area contributed by atoms with E-state index in [4.69, 9.17) is 4.98 Å². The lowest BCUT2D eigenvalue weighted by Crippen LogP contribution is -2.12. The van der Waals surface area contributed by atoms with Crippen molar-refractivity contribution in [2.75, 3.05) is 0 Å². The van der Waals surface area contributed by atoms with Crippen LogP contribution in [0.5, 0.6) is 5.75 Å². The Morgan fingerprint density at radius 1 is 0.600 bits per heavy atom. The number of rotatable bonds is 7. The van der Waals surface area contributed by atoms with Crippen molar-refractivity contribution in [2.24, 2.45) is 0 Å². The molecule has 0 radical (unpaired) electrons. The van der Waals surface area contributed by atoms with E-state index in [1.54, 1.807) is 0 Å². The van der Waals surface area contributed by atoms with Gasteiger partial charge in [0.05, 0.1) is 28.0 Å². The number of hydrogen-bond donors (Lipinski definition) is 1. The quantitative estimate of drug-likeness (QED) is 0.186. The highest BCUT2D eigenvalue weighted by Crippen LogP contribution is 2.45. The number of phenolic OH excluding ortho intramolecular Hbond substituents is 1. The van der Waals surface area contributed by atoms with Crippen LogP contribution in [0.3, 0.4) is 0 Å². The monoisotopic (exact) mass is 655 g/mol. The summed E-state index contributed by atoms with van der Waals surface area (Å²) in [5.74, 6) is 1.45. The zero-order valence-electron chi connectivity index (χ0n) is 30.1. The van der Waals surface area contributed by atoms with Crippen molar-refractivity contribution < 1.29 is 5.11 Å². The van der Waals surface area contributed by atoms with E-state index in [0.29, 0.717) is 0 Å². The average Bonchev–Trinajstić information content (AvgIpc) is 3.50. The largest absolute Gasteiger partial charge is 0.507 e. The fraction of sp³-hybridized carbons (Fsp3) is 0.217. The molecule has 1 N–H and O–H groups in total. The molecule has 250 valence electrons. The van der Waals surface area contributed by atoms with Crippen molar-refractivity contribution in [3.05, 3.63) is 144 Å². The maximum atomic E-state index is 12.0. The van der Waals surface area contributed by atoms with E-state index < -0.39 is 0 Å². The third kappa shape index (κ3) is 6.00. The van der Waals surface area contributed by atoms with Crippen LogP contribution >= 0.6 is 0 Å². The van der Waals surface area contributed by atoms with Crippen LogP contribution in [0.2, 0.25) is 0 Å². The summed E-state index contributed by atoms with van der Waals surface area (Å²) in [6.07, 6.45) is 1.83. The molecule has 4 heteroatoms. The van der Waals surface area contributed by atoms with Gasteiger partial charge in [0.1, 0.15) is 11.6 Å². The summed E-state index contributed by atoms with van der Waals surface area (Å²) < 4.78 is 2.32. The standard InChI is InChI=1S/C46H45N3O/c1-29(2)37-27-34(31-16-9-8-10-17-31)28-38(30(3)4)43(37)49-41-24-15-20-35(32-18-13-19-33(26-32)40-23-11-12-25-47-40)42(41)48-45(49)36-21-14-22-39(44(36)50)46(5,6)7/h8-30,50H,1-7H3. The molecule has 0 saturated carbocycles. The molecule has 0 amide bonds. The maximum Gasteiger partial charge on any atom is 0.149 e. The highest BCUT2D eigenvalue weighted by molar-refractivity contribution is 5.97. The highest BCUT2D eigenvalue weighted by atomic mass is 16.3. The van der Waals surface area contributed by atoms with Crippen molar-refractivity contribution in [1.82, 2.24) is 14.5 Å². The zero-order valence-corrected chi connectivity index (χ0v) is 30.1. The summed E-state index contributed by atoms with van der Waals surface area (Å²) >= 11 is 0. The molecule has 2 heterocycles. The van der Waals surface area contributed by atoms with Crippen molar-refractivity contribution >= 4 is 11.0 Å². The number of aromatic nitrogens is 3. The Hall–Kier alpha value is -5.48. The molecular weight excluding hydrogens is 611 g/mol. The Kier molecular flexibility index (Phi) is 8.65. The molecule has 2 aromatic heterocycles. The summed E-state index contributed by atoms with van der Waals surface area (Å²) in [4.78, 5) is 10.1. The minimum atomic E-state index is -0.252. The van der Waals surface area contributed by atoms with E-state index in [9.17, 15) is 5.11 Å². The average molecular weight is 656 g/mol. The van der Waals surface area contributed by atoms with Crippen LogP contribution in [0.4, 0.5) is 0 Å². The van der Waals surface area contributed by atoms with Crippen LogP contribution in [0.25, 0.3) is 61.6 Å². The molecule has 0 fully saturated rings. The number of imidazole rings is 1. The molecule has 0 bridgehead atoms. The number of aromatic hydroxyl groups is 1. The van der Waals surface area contributed by atoms with E-state index in [1.165, 1.54) is 22.3 Å². The topological polar surface area (TPSA) is 50.9 Å². The Morgan fingerprint density at radius 2 is 1.22 bits per heavy atom. The smallest absolute Gasteiger partial charge is 0.149 e. The van der Waals surface area contributed by atoms with Crippen molar-refractivity contribution in [1.29, 1.82) is 0 Å². The van der Waals surface area contributed by atoms with Gasteiger partial charge in [0, 0.05) is 17.3 Å². The number of para-hydroxylation sites is 2. The fourth-order valence-corrected chi connectivity index (χ4v) is 7.06. The Labute approximate surface area is 296 Å². The van der Waals surface area contributed by atoms with Gasteiger partial charge in [0.2, 0.25) is 0 Å². The molecule has 0 atom stereocenters. The van der Waals surface area contributed by atoms with Crippen molar-refractivity contribution in [3.63, 3.8) is 0 Å². The number of hydrogen-bond acceptors (Lipinski definition) is 3. The van der Waals surface area contributed by atoms with E-state index in [0.717, 1.165) is 56.1 Å². The second kappa shape index (κ2) is 13.1. The minimum Gasteiger partial charge on any atom is -0.507 e. The lowest BCUT2D eigenvalue weighted by Gasteiger charge is -2.25. The highest BCUT2D eigenvalue weighted by Gasteiger charge is 2.28. The van der Waals surface area contributed by atoms with Crippen LogP contribution in [-0.2, 0) is 5.41 Å².